The molecule has 1 fully saturated rings. The van der Waals surface area contributed by atoms with Gasteiger partial charge in [-0.15, -0.1) is 24.0 Å². The molecule has 2 rings (SSSR count). The molecule has 1 aliphatic heterocycles. The molecule has 6 nitrogen and oxygen atoms in total. The number of piperidine rings is 1. The Hall–Kier alpha value is -0.970. The summed E-state index contributed by atoms with van der Waals surface area (Å²) in [5.41, 5.74) is 0.942. The van der Waals surface area contributed by atoms with E-state index in [1.54, 1.807) is 19.2 Å². The maximum atomic E-state index is 13.7. The number of likely N-dealkylation sites (N-methyl/N-ethyl adjacent to an activating group) is 1. The number of likely N-dealkylation sites (tertiary alicyclic amines) is 1. The zero-order chi connectivity index (χ0) is 21.1. The summed E-state index contributed by atoms with van der Waals surface area (Å²) < 4.78 is 24.7. The highest BCUT2D eigenvalue weighted by molar-refractivity contribution is 14.0. The Balaban J connectivity index is 0.00000450. The Morgan fingerprint density at radius 2 is 2.03 bits per heavy atom. The first-order valence-electron chi connectivity index (χ1n) is 10.6. The monoisotopic (exact) mass is 536 g/mol. The molecule has 0 amide bonds. The number of hydrogen-bond acceptors (Lipinski definition) is 4. The minimum absolute atomic E-state index is 0. The van der Waals surface area contributed by atoms with Gasteiger partial charge in [0.2, 0.25) is 0 Å². The maximum Gasteiger partial charge on any atom is 0.193 e. The molecule has 0 saturated carbocycles. The van der Waals surface area contributed by atoms with Crippen LogP contribution in [0.2, 0.25) is 0 Å². The van der Waals surface area contributed by atoms with E-state index in [0.717, 1.165) is 63.6 Å². The van der Waals surface area contributed by atoms with Gasteiger partial charge in [-0.25, -0.2) is 4.39 Å². The molecule has 1 saturated heterocycles. The third-order valence-electron chi connectivity index (χ3n) is 5.19. The molecule has 172 valence electrons. The van der Waals surface area contributed by atoms with Gasteiger partial charge in [0.1, 0.15) is 5.82 Å². The van der Waals surface area contributed by atoms with E-state index >= 15 is 0 Å². The van der Waals surface area contributed by atoms with E-state index in [0.29, 0.717) is 12.6 Å². The third kappa shape index (κ3) is 9.03. The highest BCUT2D eigenvalue weighted by Gasteiger charge is 2.22. The number of rotatable bonds is 10. The molecular weight excluding hydrogens is 498 g/mol. The van der Waals surface area contributed by atoms with Gasteiger partial charge in [0.05, 0.1) is 18.7 Å². The average molecular weight is 536 g/mol. The van der Waals surface area contributed by atoms with Crippen LogP contribution in [0.1, 0.15) is 37.8 Å². The summed E-state index contributed by atoms with van der Waals surface area (Å²) in [6.07, 6.45) is 3.25. The van der Waals surface area contributed by atoms with Crippen LogP contribution in [-0.2, 0) is 9.47 Å². The van der Waals surface area contributed by atoms with Gasteiger partial charge < -0.3 is 24.6 Å². The zero-order valence-corrected chi connectivity index (χ0v) is 21.1. The lowest BCUT2D eigenvalue weighted by molar-refractivity contribution is 0.00989. The number of hydrogen-bond donors (Lipinski definition) is 1. The molecule has 1 aliphatic rings. The van der Waals surface area contributed by atoms with Crippen LogP contribution < -0.4 is 5.32 Å². The first kappa shape index (κ1) is 27.1. The molecule has 0 aliphatic carbocycles. The minimum atomic E-state index is -0.210. The van der Waals surface area contributed by atoms with Gasteiger partial charge >= 0.3 is 0 Å². The van der Waals surface area contributed by atoms with Gasteiger partial charge in [-0.2, -0.15) is 0 Å². The highest BCUT2D eigenvalue weighted by Crippen LogP contribution is 2.20. The molecule has 1 atom stereocenters. The second-order valence-electron chi connectivity index (χ2n) is 7.63. The van der Waals surface area contributed by atoms with Crippen LogP contribution in [0.25, 0.3) is 0 Å². The Morgan fingerprint density at radius 3 is 2.63 bits per heavy atom. The number of halogens is 2. The predicted molar refractivity (Wildman–Crippen MR) is 131 cm³/mol. The van der Waals surface area contributed by atoms with Crippen molar-refractivity contribution >= 4 is 29.9 Å². The number of benzene rings is 1. The molecule has 1 unspecified atom stereocenters. The smallest absolute Gasteiger partial charge is 0.193 e. The number of guanidine groups is 1. The second-order valence-corrected chi connectivity index (χ2v) is 7.63. The van der Waals surface area contributed by atoms with E-state index in [9.17, 15) is 4.39 Å². The van der Waals surface area contributed by atoms with Crippen LogP contribution in [0, 0.1) is 5.82 Å². The normalized spacial score (nSPS) is 16.5. The molecule has 0 aromatic heterocycles. The fourth-order valence-corrected chi connectivity index (χ4v) is 3.57. The summed E-state index contributed by atoms with van der Waals surface area (Å²) in [5, 5.41) is 3.41. The molecular formula is C22H38FIN4O2. The van der Waals surface area contributed by atoms with Crippen molar-refractivity contribution in [2.45, 2.75) is 38.3 Å². The quantitative estimate of drug-likeness (QED) is 0.215. The van der Waals surface area contributed by atoms with Crippen molar-refractivity contribution in [2.75, 3.05) is 60.6 Å². The average Bonchev–Trinajstić information content (AvgIpc) is 2.71. The van der Waals surface area contributed by atoms with Gasteiger partial charge in [0.25, 0.3) is 0 Å². The lowest BCUT2D eigenvalue weighted by Gasteiger charge is -2.34. The largest absolute Gasteiger partial charge is 0.385 e. The van der Waals surface area contributed by atoms with E-state index in [2.05, 4.69) is 22.0 Å². The number of ether oxygens (including phenoxy) is 2. The summed E-state index contributed by atoms with van der Waals surface area (Å²) >= 11 is 0. The van der Waals surface area contributed by atoms with Crippen molar-refractivity contribution < 1.29 is 13.9 Å². The topological polar surface area (TPSA) is 49.3 Å². The van der Waals surface area contributed by atoms with Crippen molar-refractivity contribution in [1.29, 1.82) is 0 Å². The molecule has 0 bridgehead atoms. The Labute approximate surface area is 198 Å². The number of aliphatic imine (C=N–C) groups is 1. The van der Waals surface area contributed by atoms with Gasteiger partial charge in [0.15, 0.2) is 5.96 Å². The number of methoxy groups -OCH3 is 1. The maximum absolute atomic E-state index is 13.7. The zero-order valence-electron chi connectivity index (χ0n) is 18.8. The van der Waals surface area contributed by atoms with E-state index in [4.69, 9.17) is 14.5 Å². The molecule has 1 heterocycles. The first-order chi connectivity index (χ1) is 14.0. The van der Waals surface area contributed by atoms with E-state index in [1.807, 2.05) is 20.2 Å². The fourth-order valence-electron chi connectivity index (χ4n) is 3.57. The molecule has 0 radical (unpaired) electrons. The summed E-state index contributed by atoms with van der Waals surface area (Å²) in [6.45, 7) is 6.82. The van der Waals surface area contributed by atoms with Crippen LogP contribution >= 0.6 is 24.0 Å². The van der Waals surface area contributed by atoms with Crippen LogP contribution in [0.3, 0.4) is 0 Å². The third-order valence-corrected chi connectivity index (χ3v) is 5.19. The molecule has 8 heteroatoms. The van der Waals surface area contributed by atoms with Crippen molar-refractivity contribution in [3.05, 3.63) is 35.6 Å². The Kier molecular flexibility index (Phi) is 13.5. The summed E-state index contributed by atoms with van der Waals surface area (Å²) in [6, 6.07) is 6.82. The lowest BCUT2D eigenvalue weighted by atomic mass is 10.1. The van der Waals surface area contributed by atoms with Crippen LogP contribution in [0.15, 0.2) is 29.3 Å². The van der Waals surface area contributed by atoms with Crippen molar-refractivity contribution in [3.63, 3.8) is 0 Å². The summed E-state index contributed by atoms with van der Waals surface area (Å²) in [7, 11) is 5.73. The van der Waals surface area contributed by atoms with Gasteiger partial charge in [-0.3, -0.25) is 4.99 Å². The lowest BCUT2D eigenvalue weighted by Crippen LogP contribution is -2.47. The highest BCUT2D eigenvalue weighted by atomic mass is 127. The number of nitrogens with one attached hydrogen (secondary N) is 1. The van der Waals surface area contributed by atoms with Crippen LogP contribution in [-0.4, -0.2) is 82.5 Å². The summed E-state index contributed by atoms with van der Waals surface area (Å²) in [4.78, 5) is 9.27. The summed E-state index contributed by atoms with van der Waals surface area (Å²) in [5.74, 6) is 0.714. The first-order valence-corrected chi connectivity index (χ1v) is 10.6. The minimum Gasteiger partial charge on any atom is -0.385 e. The van der Waals surface area contributed by atoms with E-state index in [-0.39, 0.29) is 35.8 Å². The van der Waals surface area contributed by atoms with Gasteiger partial charge in [-0.05, 0) is 58.0 Å². The van der Waals surface area contributed by atoms with Gasteiger partial charge in [0, 0.05) is 40.0 Å². The van der Waals surface area contributed by atoms with Crippen molar-refractivity contribution in [1.82, 2.24) is 15.1 Å². The molecule has 1 aromatic carbocycles. The van der Waals surface area contributed by atoms with Crippen LogP contribution in [0.5, 0.6) is 0 Å². The SMILES string of the molecule is CCNC(=NCC(c1cccc(F)c1)N(C)C)N1CCC(OCCCOC)CC1.I. The van der Waals surface area contributed by atoms with E-state index in [1.165, 1.54) is 6.07 Å². The van der Waals surface area contributed by atoms with Crippen LogP contribution in [0.4, 0.5) is 4.39 Å². The van der Waals surface area contributed by atoms with E-state index < -0.39 is 0 Å². The Morgan fingerprint density at radius 1 is 1.30 bits per heavy atom. The molecule has 1 aromatic rings. The molecule has 30 heavy (non-hydrogen) atoms. The van der Waals surface area contributed by atoms with Crippen molar-refractivity contribution in [3.8, 4) is 0 Å². The number of nitrogens with zero attached hydrogens (tertiary/aromatic N) is 3. The fraction of sp³-hybridized carbons (Fsp3) is 0.682. The molecule has 1 N–H and O–H groups in total. The van der Waals surface area contributed by atoms with Crippen molar-refractivity contribution in [2.24, 2.45) is 4.99 Å². The molecule has 0 spiro atoms. The standard InChI is InChI=1S/C22H37FN4O2.HI/c1-5-24-22(27-12-10-20(11-13-27)29-15-7-14-28-4)25-17-21(26(2)3)18-8-6-9-19(23)16-18;/h6,8-9,16,20-21H,5,7,10-15,17H2,1-4H3,(H,24,25);1H. The predicted octanol–water partition coefficient (Wildman–Crippen LogP) is 3.53. The second kappa shape index (κ2) is 14.9. The van der Waals surface area contributed by atoms with Gasteiger partial charge in [-0.1, -0.05) is 12.1 Å². The Bertz CT molecular complexity index is 625.